The van der Waals surface area contributed by atoms with Crippen molar-refractivity contribution in [1.29, 1.82) is 0 Å². The normalized spacial score (nSPS) is 27.2. The molecule has 80 valence electrons. The largest absolute Gasteiger partial charge is 0.461 e. The number of carbonyl (C=O) groups excluding carboxylic acids is 2. The van der Waals surface area contributed by atoms with Gasteiger partial charge in [0.1, 0.15) is 11.5 Å². The molecule has 0 saturated heterocycles. The number of hydrogen-bond acceptors (Lipinski definition) is 3. The van der Waals surface area contributed by atoms with E-state index in [1.807, 2.05) is 6.08 Å². The van der Waals surface area contributed by atoms with E-state index in [9.17, 15) is 9.59 Å². The lowest BCUT2D eigenvalue weighted by Gasteiger charge is -2.29. The predicted octanol–water partition coefficient (Wildman–Crippen LogP) is 1.83. The van der Waals surface area contributed by atoms with Crippen LogP contribution in [0, 0.1) is 5.92 Å². The Labute approximate surface area is 92.8 Å². The maximum atomic E-state index is 11.7. The third-order valence-corrected chi connectivity index (χ3v) is 3.05. The number of rotatable bonds is 0. The van der Waals surface area contributed by atoms with Crippen molar-refractivity contribution in [2.75, 3.05) is 0 Å². The molecule has 0 radical (unpaired) electrons. The average molecular weight is 214 g/mol. The molecule has 0 saturated carbocycles. The van der Waals surface area contributed by atoms with Crippen molar-refractivity contribution in [3.05, 3.63) is 47.5 Å². The Bertz CT molecular complexity index is 503. The van der Waals surface area contributed by atoms with Crippen LogP contribution in [0.5, 0.6) is 0 Å². The summed E-state index contributed by atoms with van der Waals surface area (Å²) in [4.78, 5) is 23.3. The van der Waals surface area contributed by atoms with E-state index in [2.05, 4.69) is 0 Å². The second-order valence-electron chi connectivity index (χ2n) is 4.06. The molecular formula is C13H10O3. The highest BCUT2D eigenvalue weighted by molar-refractivity contribution is 6.01. The highest BCUT2D eigenvalue weighted by Gasteiger charge is 2.34. The Morgan fingerprint density at radius 2 is 2.12 bits per heavy atom. The van der Waals surface area contributed by atoms with Gasteiger partial charge in [0.05, 0.1) is 5.92 Å². The summed E-state index contributed by atoms with van der Waals surface area (Å²) in [6, 6.07) is 0. The second kappa shape index (κ2) is 3.30. The van der Waals surface area contributed by atoms with Crippen LogP contribution in [0.15, 0.2) is 47.5 Å². The quantitative estimate of drug-likeness (QED) is 0.617. The minimum Gasteiger partial charge on any atom is -0.461 e. The van der Waals surface area contributed by atoms with Crippen molar-refractivity contribution in [3.63, 3.8) is 0 Å². The zero-order valence-corrected chi connectivity index (χ0v) is 8.60. The number of allylic oxidation sites excluding steroid dienone is 7. The summed E-state index contributed by atoms with van der Waals surface area (Å²) >= 11 is 0. The fraction of sp³-hybridized carbons (Fsp3) is 0.231. The Balaban J connectivity index is 2.03. The smallest absolute Gasteiger partial charge is 0.166 e. The van der Waals surface area contributed by atoms with Crippen molar-refractivity contribution < 1.29 is 14.3 Å². The number of Topliss-reactive ketones (excluding diaryl/α,β-unsaturated/α-hetero) is 1. The second-order valence-corrected chi connectivity index (χ2v) is 4.06. The number of carbonyl (C=O) groups is 2. The lowest BCUT2D eigenvalue weighted by Crippen LogP contribution is -2.27. The van der Waals surface area contributed by atoms with Gasteiger partial charge >= 0.3 is 0 Å². The molecule has 1 heterocycles. The molecule has 1 unspecified atom stereocenters. The van der Waals surface area contributed by atoms with Crippen LogP contribution in [0.3, 0.4) is 0 Å². The van der Waals surface area contributed by atoms with Crippen molar-refractivity contribution in [2.24, 2.45) is 5.92 Å². The molecule has 0 amide bonds. The number of ether oxygens (including phenoxy) is 1. The van der Waals surface area contributed by atoms with E-state index in [1.54, 1.807) is 18.2 Å². The number of fused-ring (bicyclic) bond motifs is 1. The molecule has 0 bridgehead atoms. The van der Waals surface area contributed by atoms with E-state index >= 15 is 0 Å². The molecule has 16 heavy (non-hydrogen) atoms. The van der Waals surface area contributed by atoms with E-state index in [0.29, 0.717) is 29.9 Å². The van der Waals surface area contributed by atoms with Crippen LogP contribution >= 0.6 is 0 Å². The highest BCUT2D eigenvalue weighted by atomic mass is 16.5. The SMILES string of the molecule is O=C1CC=CC2=C1CC1C(=O)C=CC=C1O2. The van der Waals surface area contributed by atoms with E-state index < -0.39 is 0 Å². The zero-order chi connectivity index (χ0) is 11.1. The minimum absolute atomic E-state index is 0.0198. The van der Waals surface area contributed by atoms with Gasteiger partial charge in [0, 0.05) is 12.0 Å². The van der Waals surface area contributed by atoms with Gasteiger partial charge in [-0.1, -0.05) is 12.2 Å². The van der Waals surface area contributed by atoms with E-state index in [4.69, 9.17) is 4.74 Å². The Kier molecular flexibility index (Phi) is 1.93. The van der Waals surface area contributed by atoms with Gasteiger partial charge < -0.3 is 4.74 Å². The van der Waals surface area contributed by atoms with Gasteiger partial charge in [0.25, 0.3) is 0 Å². The molecule has 3 rings (SSSR count). The molecule has 0 spiro atoms. The van der Waals surface area contributed by atoms with Gasteiger partial charge in [-0.2, -0.15) is 0 Å². The summed E-state index contributed by atoms with van der Waals surface area (Å²) in [6.07, 6.45) is 9.52. The monoisotopic (exact) mass is 214 g/mol. The van der Waals surface area contributed by atoms with Crippen LogP contribution in [0.2, 0.25) is 0 Å². The fourth-order valence-electron chi connectivity index (χ4n) is 2.19. The molecule has 3 aliphatic rings. The van der Waals surface area contributed by atoms with Crippen LogP contribution in [0.4, 0.5) is 0 Å². The Hall–Kier alpha value is -1.90. The maximum absolute atomic E-state index is 11.7. The topological polar surface area (TPSA) is 43.4 Å². The molecule has 0 aromatic heterocycles. The lowest BCUT2D eigenvalue weighted by atomic mass is 9.84. The van der Waals surface area contributed by atoms with Crippen molar-refractivity contribution in [2.45, 2.75) is 12.8 Å². The van der Waals surface area contributed by atoms with Gasteiger partial charge in [-0.3, -0.25) is 9.59 Å². The van der Waals surface area contributed by atoms with Crippen LogP contribution in [-0.2, 0) is 14.3 Å². The standard InChI is InChI=1S/C13H10O3/c14-10-3-1-5-12-8(10)7-9-11(15)4-2-6-13(9)16-12/h1-3,5-6,8H,4,7H2. The lowest BCUT2D eigenvalue weighted by molar-refractivity contribution is -0.119. The summed E-state index contributed by atoms with van der Waals surface area (Å²) in [6.45, 7) is 0. The summed E-state index contributed by atoms with van der Waals surface area (Å²) in [7, 11) is 0. The fourth-order valence-corrected chi connectivity index (χ4v) is 2.19. The van der Waals surface area contributed by atoms with Crippen LogP contribution in [0.1, 0.15) is 12.8 Å². The first-order valence-electron chi connectivity index (χ1n) is 5.28. The van der Waals surface area contributed by atoms with Gasteiger partial charge in [0.15, 0.2) is 11.6 Å². The Morgan fingerprint density at radius 3 is 3.00 bits per heavy atom. The summed E-state index contributed by atoms with van der Waals surface area (Å²) < 4.78 is 5.60. The first kappa shape index (κ1) is 9.33. The van der Waals surface area contributed by atoms with Gasteiger partial charge in [-0.15, -0.1) is 0 Å². The van der Waals surface area contributed by atoms with Gasteiger partial charge in [0.2, 0.25) is 0 Å². The van der Waals surface area contributed by atoms with E-state index in [1.165, 1.54) is 6.08 Å². The average Bonchev–Trinajstić information content (AvgIpc) is 2.28. The molecule has 1 atom stereocenters. The molecule has 3 heteroatoms. The summed E-state index contributed by atoms with van der Waals surface area (Å²) in [5.41, 5.74) is 0.660. The van der Waals surface area contributed by atoms with Crippen molar-refractivity contribution >= 4 is 11.6 Å². The first-order valence-corrected chi connectivity index (χ1v) is 5.28. The van der Waals surface area contributed by atoms with Crippen LogP contribution in [-0.4, -0.2) is 11.6 Å². The molecule has 0 aromatic carbocycles. The van der Waals surface area contributed by atoms with Crippen LogP contribution < -0.4 is 0 Å². The molecule has 3 nitrogen and oxygen atoms in total. The minimum atomic E-state index is -0.292. The maximum Gasteiger partial charge on any atom is 0.166 e. The Morgan fingerprint density at radius 1 is 1.25 bits per heavy atom. The summed E-state index contributed by atoms with van der Waals surface area (Å²) in [5, 5.41) is 0. The number of ketones is 2. The molecule has 1 aliphatic heterocycles. The van der Waals surface area contributed by atoms with E-state index in [0.717, 1.165) is 0 Å². The van der Waals surface area contributed by atoms with Crippen molar-refractivity contribution in [1.82, 2.24) is 0 Å². The third-order valence-electron chi connectivity index (χ3n) is 3.05. The van der Waals surface area contributed by atoms with E-state index in [-0.39, 0.29) is 17.5 Å². The van der Waals surface area contributed by atoms with Gasteiger partial charge in [-0.05, 0) is 24.6 Å². The zero-order valence-electron chi connectivity index (χ0n) is 8.60. The van der Waals surface area contributed by atoms with Gasteiger partial charge in [-0.25, -0.2) is 0 Å². The predicted molar refractivity (Wildman–Crippen MR) is 57.2 cm³/mol. The first-order chi connectivity index (χ1) is 7.75. The number of hydrogen-bond donors (Lipinski definition) is 0. The molecule has 0 fully saturated rings. The molecule has 2 aliphatic carbocycles. The van der Waals surface area contributed by atoms with Crippen LogP contribution in [0.25, 0.3) is 0 Å². The molecule has 0 N–H and O–H groups in total. The van der Waals surface area contributed by atoms with Crippen molar-refractivity contribution in [3.8, 4) is 0 Å². The molecular weight excluding hydrogens is 204 g/mol. The summed E-state index contributed by atoms with van der Waals surface area (Å²) in [5.74, 6) is 1.07. The third kappa shape index (κ3) is 1.28. The highest BCUT2D eigenvalue weighted by Crippen LogP contribution is 2.36. The molecule has 0 aromatic rings.